The van der Waals surface area contributed by atoms with Crippen molar-refractivity contribution in [3.8, 4) is 23.0 Å². The van der Waals surface area contributed by atoms with Gasteiger partial charge in [0.05, 0.1) is 0 Å². The first-order chi connectivity index (χ1) is 13.8. The maximum absolute atomic E-state index is 5.99. The van der Waals surface area contributed by atoms with Gasteiger partial charge in [-0.25, -0.2) is 0 Å². The molecule has 0 bridgehead atoms. The quantitative estimate of drug-likeness (QED) is 0.612. The lowest BCUT2D eigenvalue weighted by atomic mass is 10.1. The van der Waals surface area contributed by atoms with Crippen LogP contribution < -0.4 is 18.9 Å². The van der Waals surface area contributed by atoms with E-state index in [9.17, 15) is 0 Å². The third kappa shape index (κ3) is 3.32. The molecule has 138 valence electrons. The molecule has 0 fully saturated rings. The number of ether oxygens (including phenoxy) is 4. The van der Waals surface area contributed by atoms with Gasteiger partial charge in [-0.1, -0.05) is 48.5 Å². The molecule has 4 nitrogen and oxygen atoms in total. The molecule has 0 unspecified atom stereocenters. The van der Waals surface area contributed by atoms with E-state index in [2.05, 4.69) is 0 Å². The van der Waals surface area contributed by atoms with Crippen molar-refractivity contribution in [1.82, 2.24) is 0 Å². The second-order valence-corrected chi connectivity index (χ2v) is 6.53. The molecule has 2 aliphatic rings. The van der Waals surface area contributed by atoms with E-state index in [0.29, 0.717) is 13.2 Å². The molecule has 0 N–H and O–H groups in total. The Kier molecular flexibility index (Phi) is 4.22. The molecule has 0 aromatic heterocycles. The van der Waals surface area contributed by atoms with Crippen LogP contribution in [0.4, 0.5) is 0 Å². The molecule has 2 heterocycles. The van der Waals surface area contributed by atoms with Crippen molar-refractivity contribution in [3.05, 3.63) is 95.4 Å². The molecule has 0 amide bonds. The van der Waals surface area contributed by atoms with Gasteiger partial charge in [0.2, 0.25) is 0 Å². The fraction of sp³-hybridized carbons (Fsp3) is 0.0833. The normalized spacial score (nSPS) is 17.6. The molecule has 2 aliphatic heterocycles. The molecule has 4 heteroatoms. The van der Waals surface area contributed by atoms with Gasteiger partial charge in [-0.3, -0.25) is 0 Å². The van der Waals surface area contributed by atoms with Crippen molar-refractivity contribution >= 4 is 12.2 Å². The third-order valence-electron chi connectivity index (χ3n) is 4.55. The van der Waals surface area contributed by atoms with Gasteiger partial charge in [0.1, 0.15) is 24.7 Å². The Morgan fingerprint density at radius 1 is 0.500 bits per heavy atom. The molecule has 3 aromatic rings. The molecular weight excluding hydrogens is 352 g/mol. The van der Waals surface area contributed by atoms with Crippen LogP contribution in [0, 0.1) is 0 Å². The molecule has 5 rings (SSSR count). The molecule has 0 spiro atoms. The number of rotatable bonds is 2. The van der Waals surface area contributed by atoms with Gasteiger partial charge >= 0.3 is 0 Å². The van der Waals surface area contributed by atoms with Crippen molar-refractivity contribution in [1.29, 1.82) is 0 Å². The Morgan fingerprint density at radius 3 is 1.36 bits per heavy atom. The molecule has 0 aliphatic carbocycles. The van der Waals surface area contributed by atoms with Gasteiger partial charge < -0.3 is 18.9 Å². The summed E-state index contributed by atoms with van der Waals surface area (Å²) in [6.45, 7) is 0.795. The second-order valence-electron chi connectivity index (χ2n) is 6.53. The minimum atomic E-state index is 0.398. The summed E-state index contributed by atoms with van der Waals surface area (Å²) >= 11 is 0. The predicted octanol–water partition coefficient (Wildman–Crippen LogP) is 5.31. The van der Waals surface area contributed by atoms with Crippen molar-refractivity contribution in [2.75, 3.05) is 13.2 Å². The van der Waals surface area contributed by atoms with Gasteiger partial charge in [0, 0.05) is 0 Å². The summed E-state index contributed by atoms with van der Waals surface area (Å²) < 4.78 is 23.5. The van der Waals surface area contributed by atoms with Crippen LogP contribution in [0.2, 0.25) is 0 Å². The number of benzene rings is 3. The first-order valence-electron chi connectivity index (χ1n) is 9.15. The first-order valence-corrected chi connectivity index (χ1v) is 9.15. The summed E-state index contributed by atoms with van der Waals surface area (Å²) in [6, 6.07) is 23.4. The van der Waals surface area contributed by atoms with Crippen molar-refractivity contribution in [3.63, 3.8) is 0 Å². The van der Waals surface area contributed by atoms with Gasteiger partial charge in [-0.2, -0.15) is 0 Å². The summed E-state index contributed by atoms with van der Waals surface area (Å²) in [4.78, 5) is 0. The lowest BCUT2D eigenvalue weighted by Gasteiger charge is -2.21. The maximum atomic E-state index is 5.99. The highest BCUT2D eigenvalue weighted by Crippen LogP contribution is 2.34. The van der Waals surface area contributed by atoms with E-state index in [1.165, 1.54) is 0 Å². The maximum Gasteiger partial charge on any atom is 0.169 e. The highest BCUT2D eigenvalue weighted by atomic mass is 16.6. The van der Waals surface area contributed by atoms with Crippen LogP contribution in [0.1, 0.15) is 11.1 Å². The van der Waals surface area contributed by atoms with Gasteiger partial charge in [-0.15, -0.1) is 0 Å². The van der Waals surface area contributed by atoms with Crippen LogP contribution >= 0.6 is 0 Å². The smallest absolute Gasteiger partial charge is 0.169 e. The van der Waals surface area contributed by atoms with Crippen molar-refractivity contribution < 1.29 is 18.9 Å². The van der Waals surface area contributed by atoms with E-state index in [0.717, 1.165) is 45.6 Å². The molecule has 0 atom stereocenters. The van der Waals surface area contributed by atoms with E-state index in [4.69, 9.17) is 18.9 Å². The summed E-state index contributed by atoms with van der Waals surface area (Å²) in [5.74, 6) is 4.52. The summed E-state index contributed by atoms with van der Waals surface area (Å²) in [5, 5.41) is 0. The van der Waals surface area contributed by atoms with E-state index >= 15 is 0 Å². The van der Waals surface area contributed by atoms with Crippen LogP contribution in [0.15, 0.2) is 84.3 Å². The van der Waals surface area contributed by atoms with Gasteiger partial charge in [0.25, 0.3) is 0 Å². The minimum absolute atomic E-state index is 0.398. The fourth-order valence-electron chi connectivity index (χ4n) is 3.21. The molecule has 0 saturated heterocycles. The Balaban J connectivity index is 1.43. The summed E-state index contributed by atoms with van der Waals surface area (Å²) in [6.07, 6.45) is 4.00. The third-order valence-corrected chi connectivity index (χ3v) is 4.55. The van der Waals surface area contributed by atoms with Crippen molar-refractivity contribution in [2.45, 2.75) is 0 Å². The van der Waals surface area contributed by atoms with E-state index < -0.39 is 0 Å². The monoisotopic (exact) mass is 370 g/mol. The van der Waals surface area contributed by atoms with Crippen LogP contribution in [0.3, 0.4) is 0 Å². The van der Waals surface area contributed by atoms with E-state index in [1.54, 1.807) is 0 Å². The van der Waals surface area contributed by atoms with Gasteiger partial charge in [-0.05, 0) is 47.5 Å². The zero-order valence-corrected chi connectivity index (χ0v) is 15.1. The van der Waals surface area contributed by atoms with Gasteiger partial charge in [0.15, 0.2) is 23.0 Å². The largest absolute Gasteiger partial charge is 0.482 e. The highest BCUT2D eigenvalue weighted by molar-refractivity contribution is 5.68. The predicted molar refractivity (Wildman–Crippen MR) is 108 cm³/mol. The molecule has 28 heavy (non-hydrogen) atoms. The molecule has 3 aromatic carbocycles. The van der Waals surface area contributed by atoms with Crippen LogP contribution in [-0.4, -0.2) is 13.2 Å². The first kappa shape index (κ1) is 16.5. The standard InChI is InChI=1S/C24H18O4/c1-2-8-18(14-20-16-26-22-10-4-6-12-24(22)28-20)17(7-1)13-19-15-25-21-9-3-5-11-23(21)27-19/h1-14H,15-16H2/b19-13-,20-14-. The molecule has 0 saturated carbocycles. The second kappa shape index (κ2) is 7.16. The number of hydrogen-bond donors (Lipinski definition) is 0. The Hall–Kier alpha value is -3.66. The zero-order chi connectivity index (χ0) is 18.8. The van der Waals surface area contributed by atoms with E-state index in [-0.39, 0.29) is 0 Å². The van der Waals surface area contributed by atoms with Crippen LogP contribution in [0.5, 0.6) is 23.0 Å². The number of hydrogen-bond acceptors (Lipinski definition) is 4. The minimum Gasteiger partial charge on any atom is -0.482 e. The SMILES string of the molecule is C(=C1\COc2ccccc2O1)/c1ccccc1/C=C1/COc2ccccc2O1. The average Bonchev–Trinajstić information content (AvgIpc) is 2.75. The summed E-state index contributed by atoms with van der Waals surface area (Å²) in [5.41, 5.74) is 2.05. The molecular formula is C24H18O4. The Bertz CT molecular complexity index is 995. The Morgan fingerprint density at radius 2 is 0.893 bits per heavy atom. The topological polar surface area (TPSA) is 36.9 Å². The molecule has 0 radical (unpaired) electrons. The lowest BCUT2D eigenvalue weighted by molar-refractivity contribution is 0.235. The van der Waals surface area contributed by atoms with Crippen LogP contribution in [-0.2, 0) is 0 Å². The van der Waals surface area contributed by atoms with Crippen molar-refractivity contribution in [2.24, 2.45) is 0 Å². The highest BCUT2D eigenvalue weighted by Gasteiger charge is 2.17. The number of fused-ring (bicyclic) bond motifs is 2. The van der Waals surface area contributed by atoms with E-state index in [1.807, 2.05) is 84.9 Å². The van der Waals surface area contributed by atoms with Crippen LogP contribution in [0.25, 0.3) is 12.2 Å². The zero-order valence-electron chi connectivity index (χ0n) is 15.1. The summed E-state index contributed by atoms with van der Waals surface area (Å²) in [7, 11) is 0. The Labute approximate surface area is 163 Å². The fourth-order valence-corrected chi connectivity index (χ4v) is 3.21. The number of para-hydroxylation sites is 4. The average molecular weight is 370 g/mol. The lowest BCUT2D eigenvalue weighted by Crippen LogP contribution is -2.14.